The Morgan fingerprint density at radius 2 is 1.94 bits per heavy atom. The average Bonchev–Trinajstić information content (AvgIpc) is 2.27. The van der Waals surface area contributed by atoms with Crippen molar-refractivity contribution in [3.05, 3.63) is 18.2 Å². The molecule has 2 N–H and O–H groups in total. The Balaban J connectivity index is 2.21. The molecule has 1 aromatic rings. The maximum atomic E-state index is 6.06. The maximum absolute atomic E-state index is 6.06. The minimum absolute atomic E-state index is 0.236. The Bertz CT molecular complexity index is 385. The van der Waals surface area contributed by atoms with E-state index in [0.717, 1.165) is 30.2 Å². The standard InChI is InChI=1S/C13H20N2O2/c1-9-7-15(8-10(2)17-9)13-5-4-11(16-3)6-12(13)14/h4-6,9-10H,7-8,14H2,1-3H3/t9-,10+. The predicted octanol–water partition coefficient (Wildman–Crippen LogP) is 1.89. The van der Waals surface area contributed by atoms with Crippen LogP contribution in [0.3, 0.4) is 0 Å². The third-order valence-electron chi connectivity index (χ3n) is 2.99. The molecule has 1 aliphatic rings. The number of hydrogen-bond acceptors (Lipinski definition) is 4. The van der Waals surface area contributed by atoms with Gasteiger partial charge in [0.15, 0.2) is 0 Å². The van der Waals surface area contributed by atoms with E-state index in [9.17, 15) is 0 Å². The molecule has 0 unspecified atom stereocenters. The molecule has 0 spiro atoms. The van der Waals surface area contributed by atoms with Crippen molar-refractivity contribution in [1.29, 1.82) is 0 Å². The average molecular weight is 236 g/mol. The lowest BCUT2D eigenvalue weighted by molar-refractivity contribution is -0.00517. The van der Waals surface area contributed by atoms with Crippen molar-refractivity contribution in [1.82, 2.24) is 0 Å². The van der Waals surface area contributed by atoms with Crippen molar-refractivity contribution in [3.63, 3.8) is 0 Å². The van der Waals surface area contributed by atoms with E-state index in [1.54, 1.807) is 7.11 Å². The van der Waals surface area contributed by atoms with Crippen LogP contribution in [-0.4, -0.2) is 32.4 Å². The van der Waals surface area contributed by atoms with E-state index in [-0.39, 0.29) is 12.2 Å². The molecule has 0 aliphatic carbocycles. The molecule has 0 radical (unpaired) electrons. The maximum Gasteiger partial charge on any atom is 0.121 e. The largest absolute Gasteiger partial charge is 0.497 e. The molecule has 94 valence electrons. The number of nitrogen functional groups attached to an aromatic ring is 1. The summed E-state index contributed by atoms with van der Waals surface area (Å²) < 4.78 is 10.9. The number of methoxy groups -OCH3 is 1. The van der Waals surface area contributed by atoms with Gasteiger partial charge in [-0.05, 0) is 26.0 Å². The molecule has 0 amide bonds. The van der Waals surface area contributed by atoms with E-state index >= 15 is 0 Å². The molecule has 0 bridgehead atoms. The van der Waals surface area contributed by atoms with Gasteiger partial charge in [0.25, 0.3) is 0 Å². The predicted molar refractivity (Wildman–Crippen MR) is 69.6 cm³/mol. The first-order valence-corrected chi connectivity index (χ1v) is 5.94. The van der Waals surface area contributed by atoms with E-state index in [0.29, 0.717) is 0 Å². The number of hydrogen-bond donors (Lipinski definition) is 1. The third-order valence-corrected chi connectivity index (χ3v) is 2.99. The lowest BCUT2D eigenvalue weighted by atomic mass is 10.1. The quantitative estimate of drug-likeness (QED) is 0.797. The number of nitrogens with two attached hydrogens (primary N) is 1. The highest BCUT2D eigenvalue weighted by atomic mass is 16.5. The molecule has 1 aromatic carbocycles. The summed E-state index contributed by atoms with van der Waals surface area (Å²) in [6.45, 7) is 5.92. The van der Waals surface area contributed by atoms with Gasteiger partial charge in [0.2, 0.25) is 0 Å². The highest BCUT2D eigenvalue weighted by Crippen LogP contribution is 2.29. The monoisotopic (exact) mass is 236 g/mol. The minimum Gasteiger partial charge on any atom is -0.497 e. The second-order valence-electron chi connectivity index (χ2n) is 4.59. The first-order chi connectivity index (χ1) is 8.10. The molecular formula is C13H20N2O2. The highest BCUT2D eigenvalue weighted by molar-refractivity contribution is 5.69. The molecule has 1 heterocycles. The zero-order chi connectivity index (χ0) is 12.4. The molecule has 1 aliphatic heterocycles. The van der Waals surface area contributed by atoms with Crippen molar-refractivity contribution in [2.75, 3.05) is 30.8 Å². The highest BCUT2D eigenvalue weighted by Gasteiger charge is 2.23. The van der Waals surface area contributed by atoms with Crippen molar-refractivity contribution < 1.29 is 9.47 Å². The summed E-state index contributed by atoms with van der Waals surface area (Å²) in [4.78, 5) is 2.27. The van der Waals surface area contributed by atoms with Crippen LogP contribution in [0.5, 0.6) is 5.75 Å². The van der Waals surface area contributed by atoms with Gasteiger partial charge >= 0.3 is 0 Å². The summed E-state index contributed by atoms with van der Waals surface area (Å²) in [7, 11) is 1.65. The van der Waals surface area contributed by atoms with Gasteiger partial charge < -0.3 is 20.1 Å². The molecule has 2 rings (SSSR count). The number of benzene rings is 1. The molecule has 0 saturated carbocycles. The molecule has 4 heteroatoms. The Labute approximate surface area is 102 Å². The van der Waals surface area contributed by atoms with Gasteiger partial charge in [-0.15, -0.1) is 0 Å². The minimum atomic E-state index is 0.236. The molecule has 1 fully saturated rings. The van der Waals surface area contributed by atoms with Crippen LogP contribution in [0.4, 0.5) is 11.4 Å². The zero-order valence-electron chi connectivity index (χ0n) is 10.6. The normalized spacial score (nSPS) is 24.8. The Morgan fingerprint density at radius 3 is 2.47 bits per heavy atom. The molecule has 1 saturated heterocycles. The van der Waals surface area contributed by atoms with Crippen LogP contribution in [0.2, 0.25) is 0 Å². The first kappa shape index (κ1) is 12.0. The summed E-state index contributed by atoms with van der Waals surface area (Å²) >= 11 is 0. The number of nitrogens with zero attached hydrogens (tertiary/aromatic N) is 1. The van der Waals surface area contributed by atoms with Gasteiger partial charge in [0.05, 0.1) is 30.7 Å². The fourth-order valence-electron chi connectivity index (χ4n) is 2.32. The van der Waals surface area contributed by atoms with Gasteiger partial charge in [-0.1, -0.05) is 0 Å². The summed E-state index contributed by atoms with van der Waals surface area (Å²) in [5.41, 5.74) is 7.87. The van der Waals surface area contributed by atoms with Crippen molar-refractivity contribution in [3.8, 4) is 5.75 Å². The van der Waals surface area contributed by atoms with Crippen molar-refractivity contribution in [2.45, 2.75) is 26.1 Å². The van der Waals surface area contributed by atoms with Gasteiger partial charge in [-0.3, -0.25) is 0 Å². The van der Waals surface area contributed by atoms with Crippen LogP contribution < -0.4 is 15.4 Å². The number of ether oxygens (including phenoxy) is 2. The van der Waals surface area contributed by atoms with E-state index in [4.69, 9.17) is 15.2 Å². The summed E-state index contributed by atoms with van der Waals surface area (Å²) in [5, 5.41) is 0. The number of morpholine rings is 1. The van der Waals surface area contributed by atoms with Crippen molar-refractivity contribution in [2.24, 2.45) is 0 Å². The Morgan fingerprint density at radius 1 is 1.29 bits per heavy atom. The van der Waals surface area contributed by atoms with Crippen LogP contribution in [0, 0.1) is 0 Å². The lowest BCUT2D eigenvalue weighted by Gasteiger charge is -2.37. The fourth-order valence-corrected chi connectivity index (χ4v) is 2.32. The number of anilines is 2. The Hall–Kier alpha value is -1.42. The second-order valence-corrected chi connectivity index (χ2v) is 4.59. The lowest BCUT2D eigenvalue weighted by Crippen LogP contribution is -2.45. The summed E-state index contributed by atoms with van der Waals surface area (Å²) in [6.07, 6.45) is 0.473. The first-order valence-electron chi connectivity index (χ1n) is 5.94. The van der Waals surface area contributed by atoms with E-state index in [2.05, 4.69) is 18.7 Å². The molecule has 4 nitrogen and oxygen atoms in total. The SMILES string of the molecule is COc1ccc(N2C[C@@H](C)O[C@@H](C)C2)c(N)c1. The van der Waals surface area contributed by atoms with Crippen molar-refractivity contribution >= 4 is 11.4 Å². The molecule has 2 atom stereocenters. The zero-order valence-corrected chi connectivity index (χ0v) is 10.6. The van der Waals surface area contributed by atoms with Crippen LogP contribution in [-0.2, 0) is 4.74 Å². The topological polar surface area (TPSA) is 47.7 Å². The third kappa shape index (κ3) is 2.64. The van der Waals surface area contributed by atoms with Crippen LogP contribution in [0.1, 0.15) is 13.8 Å². The van der Waals surface area contributed by atoms with Crippen LogP contribution in [0.15, 0.2) is 18.2 Å². The van der Waals surface area contributed by atoms with Crippen LogP contribution >= 0.6 is 0 Å². The molecule has 0 aromatic heterocycles. The van der Waals surface area contributed by atoms with Crippen LogP contribution in [0.25, 0.3) is 0 Å². The van der Waals surface area contributed by atoms with E-state index in [1.165, 1.54) is 0 Å². The van der Waals surface area contributed by atoms with Gasteiger partial charge in [-0.25, -0.2) is 0 Å². The van der Waals surface area contributed by atoms with E-state index < -0.39 is 0 Å². The summed E-state index contributed by atoms with van der Waals surface area (Å²) in [6, 6.07) is 5.82. The molecular weight excluding hydrogens is 216 g/mol. The summed E-state index contributed by atoms with van der Waals surface area (Å²) in [5.74, 6) is 0.792. The molecule has 17 heavy (non-hydrogen) atoms. The fraction of sp³-hybridized carbons (Fsp3) is 0.538. The van der Waals surface area contributed by atoms with Gasteiger partial charge in [-0.2, -0.15) is 0 Å². The Kier molecular flexibility index (Phi) is 3.43. The van der Waals surface area contributed by atoms with Gasteiger partial charge in [0.1, 0.15) is 5.75 Å². The van der Waals surface area contributed by atoms with E-state index in [1.807, 2.05) is 18.2 Å². The number of rotatable bonds is 2. The van der Waals surface area contributed by atoms with Gasteiger partial charge in [0, 0.05) is 19.2 Å². The smallest absolute Gasteiger partial charge is 0.121 e. The second kappa shape index (κ2) is 4.84.